The number of benzene rings is 2. The maximum atomic E-state index is 13.8. The Balaban J connectivity index is 2.07. The Labute approximate surface area is 183 Å². The first-order valence-corrected chi connectivity index (χ1v) is 12.4. The number of fused-ring (bicyclic) bond motifs is 1. The number of nitrogens with one attached hydrogen (secondary N) is 2. The molecule has 3 rings (SSSR count). The van der Waals surface area contributed by atoms with Crippen molar-refractivity contribution in [3.8, 4) is 11.5 Å². The molecule has 0 aromatic heterocycles. The summed E-state index contributed by atoms with van der Waals surface area (Å²) in [6.45, 7) is -0.514. The van der Waals surface area contributed by atoms with Crippen LogP contribution in [0.25, 0.3) is 0 Å². The van der Waals surface area contributed by atoms with Crippen LogP contribution in [-0.4, -0.2) is 60.6 Å². The largest absolute Gasteiger partial charge is 0.494 e. The Morgan fingerprint density at radius 3 is 2.59 bits per heavy atom. The summed E-state index contributed by atoms with van der Waals surface area (Å²) in [5, 5.41) is 11.1. The highest BCUT2D eigenvalue weighted by Crippen LogP contribution is 2.39. The van der Waals surface area contributed by atoms with Crippen molar-refractivity contribution in [2.24, 2.45) is 0 Å². The zero-order chi connectivity index (χ0) is 23.7. The average molecular weight is 490 g/mol. The smallest absolute Gasteiger partial charge is 0.409 e. The van der Waals surface area contributed by atoms with Gasteiger partial charge in [-0.15, -0.1) is 0 Å². The van der Waals surface area contributed by atoms with Gasteiger partial charge >= 0.3 is 6.09 Å². The van der Waals surface area contributed by atoms with Crippen molar-refractivity contribution >= 4 is 37.5 Å². The first-order chi connectivity index (χ1) is 14.9. The van der Waals surface area contributed by atoms with Gasteiger partial charge in [0.25, 0.3) is 10.0 Å². The fourth-order valence-electron chi connectivity index (χ4n) is 3.02. The normalized spacial score (nSPS) is 16.1. The number of carbonyl (C=O) groups is 1. The summed E-state index contributed by atoms with van der Waals surface area (Å²) in [6, 6.07) is 7.01. The molecule has 11 nitrogen and oxygen atoms in total. The summed E-state index contributed by atoms with van der Waals surface area (Å²) in [5.41, 5.74) is 0.111. The lowest BCUT2D eigenvalue weighted by Gasteiger charge is -2.35. The Morgan fingerprint density at radius 1 is 1.25 bits per heavy atom. The van der Waals surface area contributed by atoms with Crippen molar-refractivity contribution in [2.75, 3.05) is 36.1 Å². The van der Waals surface area contributed by atoms with Crippen LogP contribution in [0.15, 0.2) is 41.3 Å². The molecule has 32 heavy (non-hydrogen) atoms. The molecule has 0 spiro atoms. The molecule has 1 amide bonds. The lowest BCUT2D eigenvalue weighted by molar-refractivity contribution is 0.203. The average Bonchev–Trinajstić information content (AvgIpc) is 2.71. The fourth-order valence-corrected chi connectivity index (χ4v) is 5.02. The van der Waals surface area contributed by atoms with Crippen LogP contribution < -0.4 is 23.8 Å². The third-order valence-electron chi connectivity index (χ3n) is 4.43. The van der Waals surface area contributed by atoms with E-state index in [1.54, 1.807) is 0 Å². The van der Waals surface area contributed by atoms with Crippen molar-refractivity contribution in [1.82, 2.24) is 4.72 Å². The number of ether oxygens (including phenoxy) is 2. The van der Waals surface area contributed by atoms with Gasteiger partial charge in [0.2, 0.25) is 10.0 Å². The molecule has 0 fully saturated rings. The van der Waals surface area contributed by atoms with Crippen LogP contribution >= 0.6 is 0 Å². The van der Waals surface area contributed by atoms with Gasteiger partial charge in [-0.05, 0) is 30.3 Å². The lowest BCUT2D eigenvalue weighted by atomic mass is 10.2. The zero-order valence-electron chi connectivity index (χ0n) is 16.9. The van der Waals surface area contributed by atoms with Crippen LogP contribution in [0.2, 0.25) is 0 Å². The number of amides is 1. The maximum absolute atomic E-state index is 13.8. The third-order valence-corrected chi connectivity index (χ3v) is 6.89. The molecule has 2 aromatic rings. The van der Waals surface area contributed by atoms with Crippen LogP contribution in [-0.2, 0) is 20.0 Å². The van der Waals surface area contributed by atoms with E-state index in [-0.39, 0.29) is 40.9 Å². The Kier molecular flexibility index (Phi) is 6.48. The minimum absolute atomic E-state index is 0.0233. The Morgan fingerprint density at radius 2 is 1.97 bits per heavy atom. The van der Waals surface area contributed by atoms with Gasteiger partial charge < -0.3 is 14.6 Å². The zero-order valence-corrected chi connectivity index (χ0v) is 18.5. The van der Waals surface area contributed by atoms with Crippen molar-refractivity contribution in [3.63, 3.8) is 0 Å². The quantitative estimate of drug-likeness (QED) is 0.528. The second-order valence-electron chi connectivity index (χ2n) is 6.81. The third kappa shape index (κ3) is 5.20. The van der Waals surface area contributed by atoms with E-state index < -0.39 is 38.1 Å². The van der Waals surface area contributed by atoms with Gasteiger partial charge in [0.1, 0.15) is 11.9 Å². The number of sulfonamides is 2. The van der Waals surface area contributed by atoms with Crippen LogP contribution in [0, 0.1) is 5.82 Å². The first kappa shape index (κ1) is 23.6. The number of rotatable bonds is 7. The van der Waals surface area contributed by atoms with Gasteiger partial charge in [0.05, 0.1) is 30.5 Å². The van der Waals surface area contributed by atoms with Crippen molar-refractivity contribution < 1.29 is 40.6 Å². The summed E-state index contributed by atoms with van der Waals surface area (Å²) in [4.78, 5) is 10.7. The molecule has 1 unspecified atom stereocenters. The van der Waals surface area contributed by atoms with E-state index in [0.29, 0.717) is 0 Å². The summed E-state index contributed by atoms with van der Waals surface area (Å²) < 4.78 is 77.4. The fraction of sp³-hybridized carbons (Fsp3) is 0.278. The van der Waals surface area contributed by atoms with Crippen molar-refractivity contribution in [3.05, 3.63) is 42.2 Å². The molecule has 1 heterocycles. The lowest BCUT2D eigenvalue weighted by Crippen LogP contribution is -2.48. The van der Waals surface area contributed by atoms with E-state index in [1.165, 1.54) is 25.3 Å². The topological polar surface area (TPSA) is 151 Å². The molecule has 14 heteroatoms. The van der Waals surface area contributed by atoms with E-state index >= 15 is 0 Å². The van der Waals surface area contributed by atoms with Crippen molar-refractivity contribution in [2.45, 2.75) is 11.0 Å². The number of hydrogen-bond donors (Lipinski definition) is 3. The summed E-state index contributed by atoms with van der Waals surface area (Å²) in [6.07, 6.45) is -1.30. The summed E-state index contributed by atoms with van der Waals surface area (Å²) in [7, 11) is -6.68. The van der Waals surface area contributed by atoms with Gasteiger partial charge in [0, 0.05) is 18.3 Å². The van der Waals surface area contributed by atoms with Crippen molar-refractivity contribution in [1.29, 1.82) is 0 Å². The van der Waals surface area contributed by atoms with Gasteiger partial charge in [-0.2, -0.15) is 0 Å². The van der Waals surface area contributed by atoms with Crippen LogP contribution in [0.1, 0.15) is 0 Å². The van der Waals surface area contributed by atoms with Gasteiger partial charge in [0.15, 0.2) is 11.6 Å². The van der Waals surface area contributed by atoms with Crippen LogP contribution in [0.5, 0.6) is 11.5 Å². The molecule has 2 aromatic carbocycles. The first-order valence-electron chi connectivity index (χ1n) is 9.02. The molecule has 0 bridgehead atoms. The second kappa shape index (κ2) is 8.80. The number of nitrogens with zero attached hydrogens (tertiary/aromatic N) is 1. The molecular formula is C18H20FN3O8S2. The number of anilines is 2. The highest BCUT2D eigenvalue weighted by atomic mass is 32.2. The Bertz CT molecular complexity index is 1250. The van der Waals surface area contributed by atoms with Crippen LogP contribution in [0.4, 0.5) is 20.6 Å². The molecule has 1 aliphatic rings. The SMILES string of the molecule is COc1cc(S(=O)(=O)N2CC(CNS(C)(=O)=O)Oc3ccc(NC(=O)O)cc32)ccc1F. The monoisotopic (exact) mass is 489 g/mol. The molecule has 0 aliphatic carbocycles. The molecule has 3 N–H and O–H groups in total. The highest BCUT2D eigenvalue weighted by molar-refractivity contribution is 7.92. The molecule has 174 valence electrons. The van der Waals surface area contributed by atoms with E-state index in [1.807, 2.05) is 0 Å². The number of hydrogen-bond acceptors (Lipinski definition) is 7. The predicted octanol–water partition coefficient (Wildman–Crippen LogP) is 1.43. The molecule has 0 radical (unpaired) electrons. The van der Waals surface area contributed by atoms with E-state index in [2.05, 4.69) is 10.0 Å². The number of carboxylic acid groups (broad SMARTS) is 1. The number of methoxy groups -OCH3 is 1. The van der Waals surface area contributed by atoms with Gasteiger partial charge in [-0.1, -0.05) is 0 Å². The predicted molar refractivity (Wildman–Crippen MR) is 113 cm³/mol. The molecule has 0 saturated heterocycles. The summed E-state index contributed by atoms with van der Waals surface area (Å²) >= 11 is 0. The van der Waals surface area contributed by atoms with Gasteiger partial charge in [-0.25, -0.2) is 30.7 Å². The number of halogens is 1. The van der Waals surface area contributed by atoms with Crippen LogP contribution in [0.3, 0.4) is 0 Å². The van der Waals surface area contributed by atoms with Gasteiger partial charge in [-0.3, -0.25) is 9.62 Å². The maximum Gasteiger partial charge on any atom is 0.409 e. The molecule has 0 saturated carbocycles. The van der Waals surface area contributed by atoms with E-state index in [0.717, 1.165) is 28.8 Å². The molecule has 1 atom stereocenters. The highest BCUT2D eigenvalue weighted by Gasteiger charge is 2.35. The molecular weight excluding hydrogens is 469 g/mol. The molecule has 1 aliphatic heterocycles. The summed E-state index contributed by atoms with van der Waals surface area (Å²) in [5.74, 6) is -0.946. The minimum atomic E-state index is -4.30. The standard InChI is InChI=1S/C18H20FN3O8S2/c1-29-17-8-13(4-5-14(17)19)32(27,28)22-10-12(9-20-31(2,25)26)30-16-6-3-11(7-15(16)22)21-18(23)24/h3-8,12,20-21H,9-10H2,1-2H3,(H,23,24). The second-order valence-corrected chi connectivity index (χ2v) is 10.5. The van der Waals surface area contributed by atoms with E-state index in [9.17, 15) is 26.0 Å². The minimum Gasteiger partial charge on any atom is -0.494 e. The Hall–Kier alpha value is -3.10. The van der Waals surface area contributed by atoms with E-state index in [4.69, 9.17) is 14.6 Å².